The van der Waals surface area contributed by atoms with Crippen LogP contribution < -0.4 is 20.1 Å². The van der Waals surface area contributed by atoms with Crippen molar-refractivity contribution in [1.29, 1.82) is 0 Å². The minimum absolute atomic E-state index is 0.0374. The topological polar surface area (TPSA) is 106 Å². The summed E-state index contributed by atoms with van der Waals surface area (Å²) < 4.78 is 15.0. The number of hydrogen-bond acceptors (Lipinski definition) is 7. The second-order valence-corrected chi connectivity index (χ2v) is 5.67. The van der Waals surface area contributed by atoms with E-state index in [2.05, 4.69) is 15.4 Å². The highest BCUT2D eigenvalue weighted by Gasteiger charge is 2.33. The fraction of sp³-hybridized carbons (Fsp3) is 0.471. The molecule has 0 aliphatic carbocycles. The normalized spacial score (nSPS) is 17.2. The lowest BCUT2D eigenvalue weighted by Gasteiger charge is -2.33. The van der Waals surface area contributed by atoms with Gasteiger partial charge in [-0.1, -0.05) is 0 Å². The average molecular weight is 365 g/mol. The van der Waals surface area contributed by atoms with Crippen LogP contribution in [0.4, 0.5) is 5.69 Å². The van der Waals surface area contributed by atoms with Crippen molar-refractivity contribution in [1.82, 2.24) is 10.2 Å². The number of methoxy groups -OCH3 is 3. The first-order valence-corrected chi connectivity index (χ1v) is 8.09. The Labute approximate surface area is 151 Å². The standard InChI is InChI=1S/C17H23N3O6/c1-24-11-4-5-12(14(8-11)25-2)19-15(21)10-20-7-6-18-17(23)13(20)9-16(22)26-3/h4-5,8,13H,6-7,9-10H2,1-3H3,(H,18,23)(H,19,21)/t13-/m0/s1. The summed E-state index contributed by atoms with van der Waals surface area (Å²) >= 11 is 0. The van der Waals surface area contributed by atoms with Gasteiger partial charge in [-0.25, -0.2) is 0 Å². The molecular weight excluding hydrogens is 342 g/mol. The molecule has 0 spiro atoms. The summed E-state index contributed by atoms with van der Waals surface area (Å²) in [5.41, 5.74) is 0.490. The minimum atomic E-state index is -0.736. The second-order valence-electron chi connectivity index (χ2n) is 5.67. The summed E-state index contributed by atoms with van der Waals surface area (Å²) in [5, 5.41) is 5.45. The van der Waals surface area contributed by atoms with Gasteiger partial charge in [0, 0.05) is 19.2 Å². The van der Waals surface area contributed by atoms with Crippen LogP contribution in [0.2, 0.25) is 0 Å². The second kappa shape index (κ2) is 9.04. The van der Waals surface area contributed by atoms with Crippen molar-refractivity contribution < 1.29 is 28.6 Å². The van der Waals surface area contributed by atoms with Crippen LogP contribution in [0.15, 0.2) is 18.2 Å². The van der Waals surface area contributed by atoms with E-state index in [1.54, 1.807) is 23.1 Å². The first-order chi connectivity index (χ1) is 12.5. The van der Waals surface area contributed by atoms with Gasteiger partial charge in [-0.15, -0.1) is 0 Å². The maximum atomic E-state index is 12.4. The zero-order chi connectivity index (χ0) is 19.1. The van der Waals surface area contributed by atoms with Crippen molar-refractivity contribution >= 4 is 23.5 Å². The number of piperazine rings is 1. The maximum Gasteiger partial charge on any atom is 0.307 e. The van der Waals surface area contributed by atoms with Gasteiger partial charge in [0.2, 0.25) is 11.8 Å². The van der Waals surface area contributed by atoms with E-state index in [4.69, 9.17) is 9.47 Å². The molecule has 142 valence electrons. The first-order valence-electron chi connectivity index (χ1n) is 8.09. The van der Waals surface area contributed by atoms with E-state index in [-0.39, 0.29) is 24.8 Å². The van der Waals surface area contributed by atoms with Crippen LogP contribution in [0.25, 0.3) is 0 Å². The van der Waals surface area contributed by atoms with E-state index in [0.717, 1.165) is 0 Å². The van der Waals surface area contributed by atoms with Gasteiger partial charge in [0.1, 0.15) is 17.5 Å². The molecule has 1 fully saturated rings. The van der Waals surface area contributed by atoms with Crippen molar-refractivity contribution in [3.05, 3.63) is 18.2 Å². The molecule has 2 N–H and O–H groups in total. The number of ether oxygens (including phenoxy) is 3. The van der Waals surface area contributed by atoms with Crippen LogP contribution in [0.5, 0.6) is 11.5 Å². The van der Waals surface area contributed by atoms with E-state index >= 15 is 0 Å². The number of benzene rings is 1. The molecule has 0 bridgehead atoms. The van der Waals surface area contributed by atoms with Gasteiger partial charge >= 0.3 is 5.97 Å². The number of carbonyl (C=O) groups excluding carboxylic acids is 3. The van der Waals surface area contributed by atoms with Gasteiger partial charge in [0.25, 0.3) is 0 Å². The Hall–Kier alpha value is -2.81. The minimum Gasteiger partial charge on any atom is -0.497 e. The zero-order valence-corrected chi connectivity index (χ0v) is 15.0. The lowest BCUT2D eigenvalue weighted by molar-refractivity contribution is -0.146. The van der Waals surface area contributed by atoms with Crippen molar-refractivity contribution in [2.45, 2.75) is 12.5 Å². The van der Waals surface area contributed by atoms with Gasteiger partial charge < -0.3 is 24.8 Å². The van der Waals surface area contributed by atoms with Crippen molar-refractivity contribution in [2.24, 2.45) is 0 Å². The van der Waals surface area contributed by atoms with Gasteiger partial charge in [-0.3, -0.25) is 19.3 Å². The number of hydrogen-bond donors (Lipinski definition) is 2. The molecule has 1 atom stereocenters. The summed E-state index contributed by atoms with van der Waals surface area (Å²) in [5.74, 6) is -0.0605. The quantitative estimate of drug-likeness (QED) is 0.656. The molecule has 0 radical (unpaired) electrons. The Kier molecular flexibility index (Phi) is 6.79. The summed E-state index contributed by atoms with van der Waals surface area (Å²) in [4.78, 5) is 37.7. The number of carbonyl (C=O) groups is 3. The number of rotatable bonds is 7. The molecule has 1 aromatic carbocycles. The van der Waals surface area contributed by atoms with Crippen LogP contribution in [-0.2, 0) is 19.1 Å². The van der Waals surface area contributed by atoms with Gasteiger partial charge in [-0.05, 0) is 12.1 Å². The van der Waals surface area contributed by atoms with Crippen molar-refractivity contribution in [3.8, 4) is 11.5 Å². The fourth-order valence-corrected chi connectivity index (χ4v) is 2.69. The van der Waals surface area contributed by atoms with E-state index in [1.165, 1.54) is 21.3 Å². The van der Waals surface area contributed by atoms with Gasteiger partial charge in [0.05, 0.1) is 40.0 Å². The smallest absolute Gasteiger partial charge is 0.307 e. The third-order valence-electron chi connectivity index (χ3n) is 4.06. The lowest BCUT2D eigenvalue weighted by Crippen LogP contribution is -2.57. The molecule has 9 heteroatoms. The summed E-state index contributed by atoms with van der Waals surface area (Å²) in [6.45, 7) is 0.834. The Bertz CT molecular complexity index is 678. The molecule has 1 saturated heterocycles. The Morgan fingerprint density at radius 1 is 1.27 bits per heavy atom. The summed E-state index contributed by atoms with van der Waals surface area (Å²) in [6.07, 6.45) is -0.110. The molecule has 2 amide bonds. The van der Waals surface area contributed by atoms with E-state index in [9.17, 15) is 14.4 Å². The highest BCUT2D eigenvalue weighted by Crippen LogP contribution is 2.29. The van der Waals surface area contributed by atoms with Crippen LogP contribution in [0.1, 0.15) is 6.42 Å². The zero-order valence-electron chi connectivity index (χ0n) is 15.0. The molecule has 0 aromatic heterocycles. The van der Waals surface area contributed by atoms with Gasteiger partial charge in [0.15, 0.2) is 0 Å². The first kappa shape index (κ1) is 19.5. The monoisotopic (exact) mass is 365 g/mol. The number of esters is 1. The fourth-order valence-electron chi connectivity index (χ4n) is 2.69. The highest BCUT2D eigenvalue weighted by molar-refractivity contribution is 5.95. The van der Waals surface area contributed by atoms with Crippen molar-refractivity contribution in [3.63, 3.8) is 0 Å². The van der Waals surface area contributed by atoms with E-state index in [1.807, 2.05) is 0 Å². The number of nitrogens with one attached hydrogen (secondary N) is 2. The molecule has 1 aliphatic heterocycles. The number of nitrogens with zero attached hydrogens (tertiary/aromatic N) is 1. The van der Waals surface area contributed by atoms with Crippen LogP contribution in [0.3, 0.4) is 0 Å². The Morgan fingerprint density at radius 3 is 2.69 bits per heavy atom. The number of anilines is 1. The molecule has 1 aromatic rings. The molecule has 2 rings (SSSR count). The van der Waals surface area contributed by atoms with E-state index < -0.39 is 12.0 Å². The SMILES string of the molecule is COC(=O)C[C@H]1C(=O)NCCN1CC(=O)Nc1ccc(OC)cc1OC. The highest BCUT2D eigenvalue weighted by atomic mass is 16.5. The summed E-state index contributed by atoms with van der Waals surface area (Å²) in [6, 6.07) is 4.29. The Morgan fingerprint density at radius 2 is 2.04 bits per heavy atom. The largest absolute Gasteiger partial charge is 0.497 e. The van der Waals surface area contributed by atoms with E-state index in [0.29, 0.717) is 30.3 Å². The predicted octanol–water partition coefficient (Wildman–Crippen LogP) is 0.00580. The summed E-state index contributed by atoms with van der Waals surface area (Å²) in [7, 11) is 4.29. The molecule has 1 heterocycles. The third kappa shape index (κ3) is 4.85. The molecule has 0 unspecified atom stereocenters. The predicted molar refractivity (Wildman–Crippen MR) is 93.2 cm³/mol. The van der Waals surface area contributed by atoms with Crippen LogP contribution in [0, 0.1) is 0 Å². The molecule has 0 saturated carbocycles. The average Bonchev–Trinajstić information content (AvgIpc) is 2.64. The third-order valence-corrected chi connectivity index (χ3v) is 4.06. The molecule has 26 heavy (non-hydrogen) atoms. The maximum absolute atomic E-state index is 12.4. The van der Waals surface area contributed by atoms with Crippen molar-refractivity contribution in [2.75, 3.05) is 46.3 Å². The lowest BCUT2D eigenvalue weighted by atomic mass is 10.1. The van der Waals surface area contributed by atoms with Crippen LogP contribution in [-0.4, -0.2) is 69.7 Å². The molecular formula is C17H23N3O6. The Balaban J connectivity index is 2.05. The number of amides is 2. The molecule has 1 aliphatic rings. The van der Waals surface area contributed by atoms with Crippen LogP contribution >= 0.6 is 0 Å². The molecule has 9 nitrogen and oxygen atoms in total. The van der Waals surface area contributed by atoms with Gasteiger partial charge in [-0.2, -0.15) is 0 Å².